The molecule has 0 spiro atoms. The molecule has 4 nitrogen and oxygen atoms in total. The smallest absolute Gasteiger partial charge is 0.248 e. The SMILES string of the molecule is Cc1nc(C)c(C(C)NCc2ccc(C(N)=O)cc2C)s1. The molecule has 0 saturated heterocycles. The third-order valence-electron chi connectivity index (χ3n) is 3.56. The first kappa shape index (κ1) is 15.7. The molecule has 1 amide bonds. The fourth-order valence-electron chi connectivity index (χ4n) is 2.35. The maximum atomic E-state index is 11.2. The van der Waals surface area contributed by atoms with Gasteiger partial charge in [0.15, 0.2) is 0 Å². The van der Waals surface area contributed by atoms with Crippen molar-refractivity contribution in [2.75, 3.05) is 0 Å². The molecule has 5 heteroatoms. The maximum Gasteiger partial charge on any atom is 0.248 e. The van der Waals surface area contributed by atoms with E-state index in [9.17, 15) is 4.79 Å². The van der Waals surface area contributed by atoms with Gasteiger partial charge in [-0.2, -0.15) is 0 Å². The minimum atomic E-state index is -0.387. The maximum absolute atomic E-state index is 11.2. The highest BCUT2D eigenvalue weighted by molar-refractivity contribution is 7.11. The highest BCUT2D eigenvalue weighted by Crippen LogP contribution is 2.24. The van der Waals surface area contributed by atoms with Gasteiger partial charge < -0.3 is 11.1 Å². The van der Waals surface area contributed by atoms with E-state index in [-0.39, 0.29) is 11.9 Å². The van der Waals surface area contributed by atoms with Gasteiger partial charge in [-0.1, -0.05) is 6.07 Å². The Balaban J connectivity index is 2.06. The molecule has 2 rings (SSSR count). The van der Waals surface area contributed by atoms with Crippen LogP contribution in [-0.2, 0) is 6.54 Å². The highest BCUT2D eigenvalue weighted by atomic mass is 32.1. The van der Waals surface area contributed by atoms with Crippen molar-refractivity contribution >= 4 is 17.2 Å². The number of hydrogen-bond donors (Lipinski definition) is 2. The number of aryl methyl sites for hydroxylation is 3. The number of nitrogens with one attached hydrogen (secondary N) is 1. The monoisotopic (exact) mass is 303 g/mol. The molecule has 1 aromatic heterocycles. The number of benzene rings is 1. The van der Waals surface area contributed by atoms with Crippen molar-refractivity contribution in [3.8, 4) is 0 Å². The summed E-state index contributed by atoms with van der Waals surface area (Å²) in [6, 6.07) is 5.83. The fourth-order valence-corrected chi connectivity index (χ4v) is 3.31. The topological polar surface area (TPSA) is 68.0 Å². The van der Waals surface area contributed by atoms with Crippen molar-refractivity contribution in [2.24, 2.45) is 5.73 Å². The summed E-state index contributed by atoms with van der Waals surface area (Å²) in [5.41, 5.74) is 9.18. The van der Waals surface area contributed by atoms with Gasteiger partial charge in [-0.25, -0.2) is 4.98 Å². The standard InChI is InChI=1S/C16H21N3OS/c1-9-7-13(16(17)20)5-6-14(9)8-18-10(2)15-11(3)19-12(4)21-15/h5-7,10,18H,8H2,1-4H3,(H2,17,20). The quantitative estimate of drug-likeness (QED) is 0.892. The Morgan fingerprint density at radius 1 is 1.38 bits per heavy atom. The van der Waals surface area contributed by atoms with Gasteiger partial charge in [0.25, 0.3) is 0 Å². The Morgan fingerprint density at radius 2 is 2.10 bits per heavy atom. The highest BCUT2D eigenvalue weighted by Gasteiger charge is 2.13. The Morgan fingerprint density at radius 3 is 2.62 bits per heavy atom. The van der Waals surface area contributed by atoms with Crippen molar-refractivity contribution in [1.82, 2.24) is 10.3 Å². The largest absolute Gasteiger partial charge is 0.366 e. The van der Waals surface area contributed by atoms with Crippen LogP contribution in [0.1, 0.15) is 50.0 Å². The lowest BCUT2D eigenvalue weighted by atomic mass is 10.0. The second-order valence-electron chi connectivity index (χ2n) is 5.29. The number of primary amides is 1. The average molecular weight is 303 g/mol. The summed E-state index contributed by atoms with van der Waals surface area (Å²) >= 11 is 1.73. The first-order valence-electron chi connectivity index (χ1n) is 6.95. The van der Waals surface area contributed by atoms with Crippen LogP contribution in [0.25, 0.3) is 0 Å². The van der Waals surface area contributed by atoms with Gasteiger partial charge in [0.2, 0.25) is 5.91 Å². The minimum absolute atomic E-state index is 0.256. The van der Waals surface area contributed by atoms with Crippen LogP contribution < -0.4 is 11.1 Å². The molecule has 0 radical (unpaired) electrons. The number of rotatable bonds is 5. The van der Waals surface area contributed by atoms with E-state index >= 15 is 0 Å². The number of nitrogens with two attached hydrogens (primary N) is 1. The Bertz CT molecular complexity index is 664. The van der Waals surface area contributed by atoms with Crippen LogP contribution in [0.3, 0.4) is 0 Å². The van der Waals surface area contributed by atoms with Crippen molar-refractivity contribution in [3.63, 3.8) is 0 Å². The van der Waals surface area contributed by atoms with E-state index in [0.717, 1.165) is 22.8 Å². The molecule has 0 saturated carbocycles. The van der Waals surface area contributed by atoms with E-state index in [2.05, 4.69) is 17.2 Å². The zero-order valence-corrected chi connectivity index (χ0v) is 13.7. The van der Waals surface area contributed by atoms with Crippen molar-refractivity contribution in [1.29, 1.82) is 0 Å². The number of aromatic nitrogens is 1. The summed E-state index contributed by atoms with van der Waals surface area (Å²) in [7, 11) is 0. The van der Waals surface area contributed by atoms with Crippen LogP contribution in [-0.4, -0.2) is 10.9 Å². The normalized spacial score (nSPS) is 12.4. The van der Waals surface area contributed by atoms with Gasteiger partial charge in [0, 0.05) is 23.0 Å². The summed E-state index contributed by atoms with van der Waals surface area (Å²) in [6.07, 6.45) is 0. The molecule has 0 aliphatic rings. The van der Waals surface area contributed by atoms with E-state index in [0.29, 0.717) is 5.56 Å². The van der Waals surface area contributed by atoms with Crippen LogP contribution in [0.4, 0.5) is 0 Å². The minimum Gasteiger partial charge on any atom is -0.366 e. The van der Waals surface area contributed by atoms with E-state index in [4.69, 9.17) is 5.73 Å². The Kier molecular flexibility index (Phi) is 4.75. The molecule has 0 aliphatic heterocycles. The average Bonchev–Trinajstić information content (AvgIpc) is 2.75. The molecule has 112 valence electrons. The number of carbonyl (C=O) groups is 1. The third kappa shape index (κ3) is 3.68. The molecule has 1 aromatic carbocycles. The second-order valence-corrected chi connectivity index (χ2v) is 6.53. The van der Waals surface area contributed by atoms with Crippen LogP contribution in [0.5, 0.6) is 0 Å². The Labute approximate surface area is 129 Å². The molecule has 0 bridgehead atoms. The predicted molar refractivity (Wildman–Crippen MR) is 86.5 cm³/mol. The summed E-state index contributed by atoms with van der Waals surface area (Å²) in [5.74, 6) is -0.387. The number of amides is 1. The predicted octanol–water partition coefficient (Wildman–Crippen LogP) is 3.02. The van der Waals surface area contributed by atoms with Crippen LogP contribution in [0.15, 0.2) is 18.2 Å². The zero-order valence-electron chi connectivity index (χ0n) is 12.9. The van der Waals surface area contributed by atoms with Gasteiger partial charge in [-0.15, -0.1) is 11.3 Å². The van der Waals surface area contributed by atoms with Gasteiger partial charge in [-0.3, -0.25) is 4.79 Å². The van der Waals surface area contributed by atoms with Gasteiger partial charge in [-0.05, 0) is 51.0 Å². The summed E-state index contributed by atoms with van der Waals surface area (Å²) in [5, 5.41) is 4.61. The van der Waals surface area contributed by atoms with Crippen molar-refractivity contribution < 1.29 is 4.79 Å². The van der Waals surface area contributed by atoms with Crippen LogP contribution >= 0.6 is 11.3 Å². The van der Waals surface area contributed by atoms with E-state index in [1.165, 1.54) is 10.4 Å². The molecule has 1 unspecified atom stereocenters. The van der Waals surface area contributed by atoms with Gasteiger partial charge in [0.1, 0.15) is 0 Å². The van der Waals surface area contributed by atoms with Crippen molar-refractivity contribution in [3.05, 3.63) is 50.5 Å². The first-order valence-corrected chi connectivity index (χ1v) is 7.76. The molecule has 0 aliphatic carbocycles. The van der Waals surface area contributed by atoms with E-state index in [1.54, 1.807) is 17.4 Å². The van der Waals surface area contributed by atoms with E-state index < -0.39 is 0 Å². The molecule has 0 fully saturated rings. The van der Waals surface area contributed by atoms with Crippen LogP contribution in [0, 0.1) is 20.8 Å². The van der Waals surface area contributed by atoms with Gasteiger partial charge in [0.05, 0.1) is 10.7 Å². The Hall–Kier alpha value is -1.72. The number of nitrogens with zero attached hydrogens (tertiary/aromatic N) is 1. The zero-order chi connectivity index (χ0) is 15.6. The van der Waals surface area contributed by atoms with E-state index in [1.807, 2.05) is 32.9 Å². The van der Waals surface area contributed by atoms with Crippen LogP contribution in [0.2, 0.25) is 0 Å². The molecule has 1 atom stereocenters. The third-order valence-corrected chi connectivity index (χ3v) is 4.81. The lowest BCUT2D eigenvalue weighted by Gasteiger charge is -2.14. The molecule has 3 N–H and O–H groups in total. The molecule has 1 heterocycles. The molecule has 21 heavy (non-hydrogen) atoms. The van der Waals surface area contributed by atoms with Crippen molar-refractivity contribution in [2.45, 2.75) is 40.3 Å². The lowest BCUT2D eigenvalue weighted by Crippen LogP contribution is -2.19. The van der Waals surface area contributed by atoms with Gasteiger partial charge >= 0.3 is 0 Å². The number of carbonyl (C=O) groups excluding carboxylic acids is 1. The number of hydrogen-bond acceptors (Lipinski definition) is 4. The molecular weight excluding hydrogens is 282 g/mol. The summed E-state index contributed by atoms with van der Waals surface area (Å²) < 4.78 is 0. The fraction of sp³-hybridized carbons (Fsp3) is 0.375. The summed E-state index contributed by atoms with van der Waals surface area (Å²) in [4.78, 5) is 16.9. The molecule has 2 aromatic rings. The first-order chi connectivity index (χ1) is 9.88. The lowest BCUT2D eigenvalue weighted by molar-refractivity contribution is 0.1000. The summed E-state index contributed by atoms with van der Waals surface area (Å²) in [6.45, 7) is 8.97. The second kappa shape index (κ2) is 6.37. The number of thiazole rings is 1. The molecular formula is C16H21N3OS.